The molecule has 1 aromatic carbocycles. The zero-order valence-corrected chi connectivity index (χ0v) is 14.9. The first-order valence-electron chi connectivity index (χ1n) is 6.62. The lowest BCUT2D eigenvalue weighted by Gasteiger charge is -2.32. The van der Waals surface area contributed by atoms with Crippen LogP contribution in [0, 0.1) is 0 Å². The van der Waals surface area contributed by atoms with Crippen molar-refractivity contribution >= 4 is 42.7 Å². The molecular weight excluding hydrogens is 331 g/mol. The third-order valence-electron chi connectivity index (χ3n) is 4.14. The Morgan fingerprint density at radius 1 is 1.05 bits per heavy atom. The molecule has 21 heavy (non-hydrogen) atoms. The van der Waals surface area contributed by atoms with Gasteiger partial charge >= 0.3 is 7.12 Å². The molecule has 1 atom stereocenters. The zero-order valence-electron chi connectivity index (χ0n) is 12.6. The second-order valence-electron chi connectivity index (χ2n) is 6.14. The summed E-state index contributed by atoms with van der Waals surface area (Å²) in [6.45, 7) is 7.86. The minimum Gasteiger partial charge on any atom is -0.402 e. The van der Waals surface area contributed by atoms with Gasteiger partial charge in [0.25, 0.3) is 0 Å². The van der Waals surface area contributed by atoms with Crippen molar-refractivity contribution in [2.75, 3.05) is 0 Å². The van der Waals surface area contributed by atoms with Gasteiger partial charge < -0.3 is 15.0 Å². The molecule has 0 amide bonds. The summed E-state index contributed by atoms with van der Waals surface area (Å²) in [6.07, 6.45) is 0. The largest absolute Gasteiger partial charge is 0.479 e. The standard InChI is InChI=1S/C14H20BCl2NO2.ClH/c1-12(2)13(3,4)20-15(19-12)11(18)14(16,17)10-8-6-5-7-9-10;/h5-9,11H,18H2,1-4H3;1H/t11-;/m0./s1. The van der Waals surface area contributed by atoms with Gasteiger partial charge in [-0.1, -0.05) is 53.5 Å². The maximum absolute atomic E-state index is 6.46. The maximum atomic E-state index is 6.46. The second kappa shape index (κ2) is 6.27. The Morgan fingerprint density at radius 2 is 1.48 bits per heavy atom. The Kier molecular flexibility index (Phi) is 5.69. The van der Waals surface area contributed by atoms with Crippen LogP contribution in [0.4, 0.5) is 0 Å². The quantitative estimate of drug-likeness (QED) is 0.666. The molecule has 1 aliphatic heterocycles. The van der Waals surface area contributed by atoms with E-state index in [1.165, 1.54) is 0 Å². The van der Waals surface area contributed by atoms with Crippen molar-refractivity contribution in [2.24, 2.45) is 5.73 Å². The Balaban J connectivity index is 0.00000220. The lowest BCUT2D eigenvalue weighted by molar-refractivity contribution is 0.00578. The van der Waals surface area contributed by atoms with Crippen LogP contribution >= 0.6 is 35.6 Å². The summed E-state index contributed by atoms with van der Waals surface area (Å²) in [5.74, 6) is -0.700. The topological polar surface area (TPSA) is 44.5 Å². The summed E-state index contributed by atoms with van der Waals surface area (Å²) in [7, 11) is -0.657. The number of alkyl halides is 2. The van der Waals surface area contributed by atoms with Gasteiger partial charge in [0.2, 0.25) is 0 Å². The van der Waals surface area contributed by atoms with E-state index in [1.807, 2.05) is 58.0 Å². The van der Waals surface area contributed by atoms with Gasteiger partial charge in [-0.25, -0.2) is 0 Å². The fraction of sp³-hybridized carbons (Fsp3) is 0.571. The van der Waals surface area contributed by atoms with Crippen molar-refractivity contribution in [1.82, 2.24) is 0 Å². The third kappa shape index (κ3) is 3.52. The summed E-state index contributed by atoms with van der Waals surface area (Å²) >= 11 is 12.9. The molecule has 2 N–H and O–H groups in total. The number of rotatable bonds is 3. The molecule has 0 radical (unpaired) electrons. The van der Waals surface area contributed by atoms with Gasteiger partial charge in [0.15, 0.2) is 4.33 Å². The van der Waals surface area contributed by atoms with E-state index in [0.717, 1.165) is 5.56 Å². The summed E-state index contributed by atoms with van der Waals surface area (Å²) in [5.41, 5.74) is 6.02. The molecule has 7 heteroatoms. The van der Waals surface area contributed by atoms with Gasteiger partial charge in [0, 0.05) is 0 Å². The van der Waals surface area contributed by atoms with Gasteiger partial charge in [-0.3, -0.25) is 0 Å². The van der Waals surface area contributed by atoms with Crippen molar-refractivity contribution in [3.05, 3.63) is 35.9 Å². The van der Waals surface area contributed by atoms with E-state index < -0.39 is 28.6 Å². The predicted octanol–water partition coefficient (Wildman–Crippen LogP) is 3.70. The van der Waals surface area contributed by atoms with Crippen molar-refractivity contribution < 1.29 is 9.31 Å². The van der Waals surface area contributed by atoms with Crippen LogP contribution < -0.4 is 5.73 Å². The Hall–Kier alpha value is 0.0349. The predicted molar refractivity (Wildman–Crippen MR) is 91.1 cm³/mol. The molecule has 2 rings (SSSR count). The Bertz CT molecular complexity index is 466. The molecule has 1 heterocycles. The van der Waals surface area contributed by atoms with Crippen LogP contribution in [0.2, 0.25) is 0 Å². The van der Waals surface area contributed by atoms with E-state index in [4.69, 9.17) is 38.2 Å². The van der Waals surface area contributed by atoms with Gasteiger partial charge in [-0.05, 0) is 33.3 Å². The average Bonchev–Trinajstić information content (AvgIpc) is 2.58. The molecule has 0 saturated carbocycles. The van der Waals surface area contributed by atoms with E-state index in [-0.39, 0.29) is 12.4 Å². The van der Waals surface area contributed by atoms with E-state index in [9.17, 15) is 0 Å². The lowest BCUT2D eigenvalue weighted by atomic mass is 9.75. The highest BCUT2D eigenvalue weighted by molar-refractivity contribution is 6.57. The molecule has 3 nitrogen and oxygen atoms in total. The molecule has 1 saturated heterocycles. The Labute approximate surface area is 143 Å². The van der Waals surface area contributed by atoms with Crippen LogP contribution in [-0.4, -0.2) is 24.3 Å². The Morgan fingerprint density at radius 3 is 1.90 bits per heavy atom. The summed E-state index contributed by atoms with van der Waals surface area (Å²) in [5, 5.41) is 0. The first-order valence-corrected chi connectivity index (χ1v) is 7.38. The van der Waals surface area contributed by atoms with Gasteiger partial charge in [0.05, 0.1) is 17.1 Å². The fourth-order valence-electron chi connectivity index (χ4n) is 2.06. The fourth-order valence-corrected chi connectivity index (χ4v) is 2.52. The number of hydrogen-bond acceptors (Lipinski definition) is 3. The van der Waals surface area contributed by atoms with Gasteiger partial charge in [-0.2, -0.15) is 0 Å². The van der Waals surface area contributed by atoms with Crippen molar-refractivity contribution in [1.29, 1.82) is 0 Å². The number of halogens is 3. The highest BCUT2D eigenvalue weighted by Gasteiger charge is 2.57. The minimum atomic E-state index is -1.28. The number of hydrogen-bond donors (Lipinski definition) is 1. The smallest absolute Gasteiger partial charge is 0.402 e. The van der Waals surface area contributed by atoms with Crippen LogP contribution in [0.25, 0.3) is 0 Å². The molecule has 1 aromatic rings. The highest BCUT2D eigenvalue weighted by atomic mass is 35.5. The van der Waals surface area contributed by atoms with Crippen LogP contribution in [-0.2, 0) is 13.6 Å². The van der Waals surface area contributed by atoms with Gasteiger partial charge in [0.1, 0.15) is 0 Å². The van der Waals surface area contributed by atoms with Crippen LogP contribution in [0.3, 0.4) is 0 Å². The molecule has 0 aliphatic carbocycles. The highest BCUT2D eigenvalue weighted by Crippen LogP contribution is 2.43. The number of nitrogens with two attached hydrogens (primary N) is 1. The van der Waals surface area contributed by atoms with Crippen LogP contribution in [0.15, 0.2) is 30.3 Å². The minimum absolute atomic E-state index is 0. The number of benzene rings is 1. The summed E-state index contributed by atoms with van der Waals surface area (Å²) < 4.78 is 10.6. The second-order valence-corrected chi connectivity index (χ2v) is 7.53. The molecule has 0 bridgehead atoms. The SMILES string of the molecule is CC1(C)OB([C@@H](N)C(Cl)(Cl)c2ccccc2)OC1(C)C.Cl. The monoisotopic (exact) mass is 351 g/mol. The average molecular weight is 352 g/mol. The normalized spacial score (nSPS) is 21.8. The molecule has 0 aromatic heterocycles. The molecule has 118 valence electrons. The van der Waals surface area contributed by atoms with Crippen molar-refractivity contribution in [2.45, 2.75) is 49.2 Å². The van der Waals surface area contributed by atoms with E-state index in [1.54, 1.807) is 0 Å². The maximum Gasteiger partial charge on any atom is 0.479 e. The molecule has 0 spiro atoms. The molecule has 1 fully saturated rings. The summed E-state index contributed by atoms with van der Waals surface area (Å²) in [6, 6.07) is 9.31. The first kappa shape index (κ1) is 19.1. The van der Waals surface area contributed by atoms with Crippen molar-refractivity contribution in [3.8, 4) is 0 Å². The van der Waals surface area contributed by atoms with Crippen molar-refractivity contribution in [3.63, 3.8) is 0 Å². The van der Waals surface area contributed by atoms with E-state index >= 15 is 0 Å². The van der Waals surface area contributed by atoms with Gasteiger partial charge in [-0.15, -0.1) is 12.4 Å². The van der Waals surface area contributed by atoms with Crippen LogP contribution in [0.1, 0.15) is 33.3 Å². The zero-order chi connectivity index (χ0) is 15.2. The first-order chi connectivity index (χ1) is 9.08. The third-order valence-corrected chi connectivity index (χ3v) is 5.08. The van der Waals surface area contributed by atoms with Crippen LogP contribution in [0.5, 0.6) is 0 Å². The molecule has 1 aliphatic rings. The van der Waals surface area contributed by atoms with E-state index in [2.05, 4.69) is 0 Å². The lowest BCUT2D eigenvalue weighted by Crippen LogP contribution is -2.51. The summed E-state index contributed by atoms with van der Waals surface area (Å²) in [4.78, 5) is 0. The van der Waals surface area contributed by atoms with E-state index in [0.29, 0.717) is 0 Å². The molecule has 0 unspecified atom stereocenters. The molecular formula is C14H21BCl3NO2.